The molecule has 3 N–H and O–H groups in total. The number of benzene rings is 1. The van der Waals surface area contributed by atoms with Gasteiger partial charge in [-0.25, -0.2) is 4.79 Å². The number of urea groups is 1. The summed E-state index contributed by atoms with van der Waals surface area (Å²) >= 11 is 0. The van der Waals surface area contributed by atoms with Crippen molar-refractivity contribution in [1.29, 1.82) is 0 Å². The van der Waals surface area contributed by atoms with Gasteiger partial charge in [0, 0.05) is 11.3 Å². The number of carbonyl (C=O) groups excluding carboxylic acids is 1. The molecular weight excluding hydrogens is 260 g/mol. The third-order valence-corrected chi connectivity index (χ3v) is 3.00. The van der Waals surface area contributed by atoms with Gasteiger partial charge in [-0.2, -0.15) is 0 Å². The van der Waals surface area contributed by atoms with E-state index in [2.05, 4.69) is 16.6 Å². The van der Waals surface area contributed by atoms with E-state index in [1.807, 2.05) is 0 Å². The lowest BCUT2D eigenvalue weighted by Crippen LogP contribution is -2.44. The van der Waals surface area contributed by atoms with Crippen molar-refractivity contribution in [2.45, 2.75) is 6.04 Å². The summed E-state index contributed by atoms with van der Waals surface area (Å²) in [4.78, 5) is 22.8. The van der Waals surface area contributed by atoms with E-state index in [4.69, 9.17) is 16.3 Å². The maximum Gasteiger partial charge on any atom is 0.319 e. The van der Waals surface area contributed by atoms with Gasteiger partial charge >= 0.3 is 12.0 Å². The molecule has 1 saturated heterocycles. The van der Waals surface area contributed by atoms with Crippen molar-refractivity contribution < 1.29 is 19.4 Å². The zero-order valence-electron chi connectivity index (χ0n) is 10.6. The molecular formula is C14H14N2O4. The number of anilines is 1. The Kier molecular flexibility index (Phi) is 4.23. The Morgan fingerprint density at radius 1 is 1.40 bits per heavy atom. The Morgan fingerprint density at radius 2 is 2.20 bits per heavy atom. The molecule has 1 heterocycles. The monoisotopic (exact) mass is 274 g/mol. The van der Waals surface area contributed by atoms with Gasteiger partial charge < -0.3 is 20.5 Å². The van der Waals surface area contributed by atoms with E-state index in [-0.39, 0.29) is 13.2 Å². The second-order valence-electron chi connectivity index (χ2n) is 4.41. The standard InChI is InChI=1S/C14H14N2O4/c1-2-9-4-3-5-10(6-9)15-14(19)16-12-8-20-7-11(12)13(17)18/h1,3-6,11-12H,7-8H2,(H,17,18)(H2,15,16,19). The first-order valence-corrected chi connectivity index (χ1v) is 6.05. The van der Waals surface area contributed by atoms with Crippen LogP contribution in [0.1, 0.15) is 5.56 Å². The number of aliphatic carboxylic acids is 1. The van der Waals surface area contributed by atoms with E-state index in [0.717, 1.165) is 0 Å². The summed E-state index contributed by atoms with van der Waals surface area (Å²) in [7, 11) is 0. The first-order valence-electron chi connectivity index (χ1n) is 6.05. The number of rotatable bonds is 3. The summed E-state index contributed by atoms with van der Waals surface area (Å²) in [6.45, 7) is 0.293. The van der Waals surface area contributed by atoms with Crippen LogP contribution in [0.5, 0.6) is 0 Å². The van der Waals surface area contributed by atoms with Gasteiger partial charge in [-0.15, -0.1) is 6.42 Å². The minimum absolute atomic E-state index is 0.104. The smallest absolute Gasteiger partial charge is 0.319 e. The normalized spacial score (nSPS) is 20.9. The Balaban J connectivity index is 1.95. The Labute approximate surface area is 116 Å². The van der Waals surface area contributed by atoms with E-state index in [0.29, 0.717) is 11.3 Å². The van der Waals surface area contributed by atoms with Crippen molar-refractivity contribution in [2.75, 3.05) is 18.5 Å². The maximum absolute atomic E-state index is 11.8. The summed E-state index contributed by atoms with van der Waals surface area (Å²) in [6, 6.07) is 5.79. The molecule has 0 aliphatic carbocycles. The molecule has 2 atom stereocenters. The summed E-state index contributed by atoms with van der Waals surface area (Å²) in [6.07, 6.45) is 5.27. The highest BCUT2D eigenvalue weighted by atomic mass is 16.5. The van der Waals surface area contributed by atoms with Crippen molar-refractivity contribution in [2.24, 2.45) is 5.92 Å². The van der Waals surface area contributed by atoms with Crippen LogP contribution in [0.2, 0.25) is 0 Å². The summed E-state index contributed by atoms with van der Waals surface area (Å²) < 4.78 is 5.07. The van der Waals surface area contributed by atoms with Crippen molar-refractivity contribution >= 4 is 17.7 Å². The molecule has 2 amide bonds. The van der Waals surface area contributed by atoms with Crippen LogP contribution < -0.4 is 10.6 Å². The molecule has 2 unspecified atom stereocenters. The van der Waals surface area contributed by atoms with Gasteiger partial charge in [0.15, 0.2) is 0 Å². The van der Waals surface area contributed by atoms with Gasteiger partial charge in [0.1, 0.15) is 5.92 Å². The number of hydrogen-bond acceptors (Lipinski definition) is 3. The van der Waals surface area contributed by atoms with E-state index < -0.39 is 24.0 Å². The molecule has 1 aromatic rings. The number of carboxylic acids is 1. The van der Waals surface area contributed by atoms with Crippen molar-refractivity contribution in [3.63, 3.8) is 0 Å². The quantitative estimate of drug-likeness (QED) is 0.714. The molecule has 1 aliphatic heterocycles. The Hall–Kier alpha value is -2.52. The summed E-state index contributed by atoms with van der Waals surface area (Å²) in [5.41, 5.74) is 1.19. The van der Waals surface area contributed by atoms with Gasteiger partial charge in [-0.05, 0) is 18.2 Å². The minimum Gasteiger partial charge on any atom is -0.481 e. The van der Waals surface area contributed by atoms with Crippen LogP contribution in [0.4, 0.5) is 10.5 Å². The SMILES string of the molecule is C#Cc1cccc(NC(=O)NC2COCC2C(=O)O)c1. The molecule has 20 heavy (non-hydrogen) atoms. The maximum atomic E-state index is 11.8. The second-order valence-corrected chi connectivity index (χ2v) is 4.41. The van der Waals surface area contributed by atoms with E-state index in [9.17, 15) is 9.59 Å². The molecule has 0 saturated carbocycles. The largest absolute Gasteiger partial charge is 0.481 e. The van der Waals surface area contributed by atoms with Crippen LogP contribution >= 0.6 is 0 Å². The lowest BCUT2D eigenvalue weighted by Gasteiger charge is -2.16. The highest BCUT2D eigenvalue weighted by Crippen LogP contribution is 2.14. The fraction of sp³-hybridized carbons (Fsp3) is 0.286. The average Bonchev–Trinajstić information content (AvgIpc) is 2.87. The average molecular weight is 274 g/mol. The fourth-order valence-corrected chi connectivity index (χ4v) is 1.96. The fourth-order valence-electron chi connectivity index (χ4n) is 1.96. The molecule has 0 aromatic heterocycles. The van der Waals surface area contributed by atoms with Crippen LogP contribution in [-0.2, 0) is 9.53 Å². The second kappa shape index (κ2) is 6.08. The Bertz CT molecular complexity index is 565. The summed E-state index contributed by atoms with van der Waals surface area (Å²) in [5, 5.41) is 14.2. The number of terminal acetylenes is 1. The molecule has 104 valence electrons. The van der Waals surface area contributed by atoms with E-state index in [1.165, 1.54) is 0 Å². The minimum atomic E-state index is -0.984. The van der Waals surface area contributed by atoms with E-state index >= 15 is 0 Å². The van der Waals surface area contributed by atoms with Gasteiger partial charge in [0.05, 0.1) is 19.3 Å². The van der Waals surface area contributed by atoms with Crippen LogP contribution in [0.15, 0.2) is 24.3 Å². The van der Waals surface area contributed by atoms with Crippen LogP contribution in [0.3, 0.4) is 0 Å². The molecule has 2 rings (SSSR count). The first-order chi connectivity index (χ1) is 9.60. The molecule has 0 radical (unpaired) electrons. The Morgan fingerprint density at radius 3 is 2.90 bits per heavy atom. The zero-order chi connectivity index (χ0) is 14.5. The molecule has 1 fully saturated rings. The number of carboxylic acid groups (broad SMARTS) is 1. The number of amides is 2. The van der Waals surface area contributed by atoms with Gasteiger partial charge in [0.25, 0.3) is 0 Å². The van der Waals surface area contributed by atoms with E-state index in [1.54, 1.807) is 24.3 Å². The molecule has 1 aromatic carbocycles. The third kappa shape index (κ3) is 3.28. The van der Waals surface area contributed by atoms with Gasteiger partial charge in [-0.3, -0.25) is 4.79 Å². The van der Waals surface area contributed by atoms with Crippen LogP contribution in [-0.4, -0.2) is 36.4 Å². The van der Waals surface area contributed by atoms with Crippen LogP contribution in [0, 0.1) is 18.3 Å². The molecule has 0 bridgehead atoms. The number of nitrogens with one attached hydrogen (secondary N) is 2. The van der Waals surface area contributed by atoms with Crippen molar-refractivity contribution in [3.05, 3.63) is 29.8 Å². The highest BCUT2D eigenvalue weighted by Gasteiger charge is 2.35. The predicted molar refractivity (Wildman–Crippen MR) is 72.3 cm³/mol. The van der Waals surface area contributed by atoms with Crippen molar-refractivity contribution in [1.82, 2.24) is 5.32 Å². The van der Waals surface area contributed by atoms with Gasteiger partial charge in [0.2, 0.25) is 0 Å². The lowest BCUT2D eigenvalue weighted by atomic mass is 10.0. The van der Waals surface area contributed by atoms with Crippen LogP contribution in [0.25, 0.3) is 0 Å². The lowest BCUT2D eigenvalue weighted by molar-refractivity contribution is -0.142. The molecule has 0 spiro atoms. The van der Waals surface area contributed by atoms with Gasteiger partial charge in [-0.1, -0.05) is 12.0 Å². The number of hydrogen-bond donors (Lipinski definition) is 3. The molecule has 6 nitrogen and oxygen atoms in total. The number of carbonyl (C=O) groups is 2. The zero-order valence-corrected chi connectivity index (χ0v) is 10.6. The third-order valence-electron chi connectivity index (χ3n) is 3.00. The van der Waals surface area contributed by atoms with Crippen molar-refractivity contribution in [3.8, 4) is 12.3 Å². The highest BCUT2D eigenvalue weighted by molar-refractivity contribution is 5.90. The number of ether oxygens (including phenoxy) is 1. The molecule has 1 aliphatic rings. The topological polar surface area (TPSA) is 87.7 Å². The predicted octanol–water partition coefficient (Wildman–Crippen LogP) is 0.889. The first kappa shape index (κ1) is 13.9. The summed E-state index contributed by atoms with van der Waals surface area (Å²) in [5.74, 6) is 0.758. The molecule has 6 heteroatoms.